The maximum absolute atomic E-state index is 12.8. The van der Waals surface area contributed by atoms with Gasteiger partial charge in [-0.15, -0.1) is 0 Å². The molecule has 1 unspecified atom stereocenters. The maximum atomic E-state index is 12.8. The molecule has 2 N–H and O–H groups in total. The van der Waals surface area contributed by atoms with Crippen molar-refractivity contribution in [2.45, 2.75) is 17.9 Å². The molecule has 21 heavy (non-hydrogen) atoms. The van der Waals surface area contributed by atoms with Crippen LogP contribution in [0.4, 0.5) is 10.1 Å². The number of rotatable bonds is 5. The molecule has 2 rings (SSSR count). The highest BCUT2D eigenvalue weighted by Gasteiger charge is 2.11. The number of nitrogens with zero attached hydrogens (tertiary/aromatic N) is 1. The molecule has 0 saturated carbocycles. The average molecular weight is 309 g/mol. The van der Waals surface area contributed by atoms with Crippen molar-refractivity contribution in [3.63, 3.8) is 0 Å². The zero-order chi connectivity index (χ0) is 15.5. The summed E-state index contributed by atoms with van der Waals surface area (Å²) in [5.74, 6) is -0.382. The van der Waals surface area contributed by atoms with Crippen molar-refractivity contribution < 1.29 is 12.8 Å². The minimum atomic E-state index is -3.43. The summed E-state index contributed by atoms with van der Waals surface area (Å²) in [6.45, 7) is 1.89. The zero-order valence-corrected chi connectivity index (χ0v) is 12.5. The number of benzene rings is 1. The van der Waals surface area contributed by atoms with Gasteiger partial charge in [-0.3, -0.25) is 4.98 Å². The van der Waals surface area contributed by atoms with Crippen LogP contribution in [0.3, 0.4) is 0 Å². The van der Waals surface area contributed by atoms with E-state index < -0.39 is 10.0 Å². The quantitative estimate of drug-likeness (QED) is 0.889. The van der Waals surface area contributed by atoms with Gasteiger partial charge in [-0.1, -0.05) is 0 Å². The number of anilines is 1. The molecular weight excluding hydrogens is 293 g/mol. The van der Waals surface area contributed by atoms with Gasteiger partial charge in [-0.2, -0.15) is 0 Å². The van der Waals surface area contributed by atoms with Crippen molar-refractivity contribution in [3.8, 4) is 0 Å². The van der Waals surface area contributed by atoms with Crippen molar-refractivity contribution >= 4 is 15.7 Å². The van der Waals surface area contributed by atoms with Crippen LogP contribution in [0.5, 0.6) is 0 Å². The van der Waals surface area contributed by atoms with Gasteiger partial charge >= 0.3 is 0 Å². The van der Waals surface area contributed by atoms with Crippen LogP contribution in [0.15, 0.2) is 47.5 Å². The summed E-state index contributed by atoms with van der Waals surface area (Å²) < 4.78 is 38.3. The molecule has 112 valence electrons. The van der Waals surface area contributed by atoms with E-state index in [9.17, 15) is 12.8 Å². The van der Waals surface area contributed by atoms with E-state index in [2.05, 4.69) is 15.0 Å². The molecular formula is C14H16FN3O2S. The molecule has 0 aliphatic heterocycles. The van der Waals surface area contributed by atoms with E-state index >= 15 is 0 Å². The number of hydrogen-bond acceptors (Lipinski definition) is 4. The van der Waals surface area contributed by atoms with Gasteiger partial charge in [0.1, 0.15) is 5.82 Å². The zero-order valence-electron chi connectivity index (χ0n) is 11.7. The Balaban J connectivity index is 2.11. The van der Waals surface area contributed by atoms with Crippen LogP contribution in [0.1, 0.15) is 18.7 Å². The van der Waals surface area contributed by atoms with E-state index in [4.69, 9.17) is 0 Å². The molecule has 0 aliphatic rings. The first-order valence-electron chi connectivity index (χ1n) is 6.34. The van der Waals surface area contributed by atoms with Gasteiger partial charge in [0, 0.05) is 5.69 Å². The monoisotopic (exact) mass is 309 g/mol. The van der Waals surface area contributed by atoms with E-state index in [1.165, 1.54) is 25.2 Å². The standard InChI is InChI=1S/C14H16FN3O2S/c1-10(14-8-3-11(15)9-17-14)18-12-4-6-13(7-5-12)21(19,20)16-2/h3-10,16,18H,1-2H3. The van der Waals surface area contributed by atoms with Crippen LogP contribution in [0.2, 0.25) is 0 Å². The lowest BCUT2D eigenvalue weighted by Gasteiger charge is -2.15. The molecule has 0 spiro atoms. The number of pyridine rings is 1. The van der Waals surface area contributed by atoms with Gasteiger partial charge in [0.25, 0.3) is 0 Å². The van der Waals surface area contributed by atoms with Crippen molar-refractivity contribution in [1.82, 2.24) is 9.71 Å². The maximum Gasteiger partial charge on any atom is 0.240 e. The summed E-state index contributed by atoms with van der Waals surface area (Å²) in [6.07, 6.45) is 1.16. The van der Waals surface area contributed by atoms with E-state index in [1.54, 1.807) is 18.2 Å². The molecule has 0 saturated heterocycles. The van der Waals surface area contributed by atoms with Crippen molar-refractivity contribution in [3.05, 3.63) is 54.1 Å². The largest absolute Gasteiger partial charge is 0.377 e. The smallest absolute Gasteiger partial charge is 0.240 e. The Morgan fingerprint density at radius 2 is 1.81 bits per heavy atom. The fourth-order valence-corrected chi connectivity index (χ4v) is 2.55. The Morgan fingerprint density at radius 3 is 2.33 bits per heavy atom. The highest BCUT2D eigenvalue weighted by atomic mass is 32.2. The Bertz CT molecular complexity index is 700. The van der Waals surface area contributed by atoms with Crippen molar-refractivity contribution in [2.75, 3.05) is 12.4 Å². The third kappa shape index (κ3) is 3.77. The number of halogens is 1. The normalized spacial score (nSPS) is 12.9. The van der Waals surface area contributed by atoms with Crippen LogP contribution in [0.25, 0.3) is 0 Å². The molecule has 1 aromatic carbocycles. The fourth-order valence-electron chi connectivity index (χ4n) is 1.82. The number of nitrogens with one attached hydrogen (secondary N) is 2. The average Bonchev–Trinajstić information content (AvgIpc) is 2.48. The first-order chi connectivity index (χ1) is 9.92. The van der Waals surface area contributed by atoms with Gasteiger partial charge in [-0.05, 0) is 50.4 Å². The molecule has 5 nitrogen and oxygen atoms in total. The number of sulfonamides is 1. The van der Waals surface area contributed by atoms with Gasteiger partial charge in [0.15, 0.2) is 0 Å². The fraction of sp³-hybridized carbons (Fsp3) is 0.214. The summed E-state index contributed by atoms with van der Waals surface area (Å²) in [4.78, 5) is 4.20. The predicted molar refractivity (Wildman–Crippen MR) is 78.9 cm³/mol. The lowest BCUT2D eigenvalue weighted by Crippen LogP contribution is -2.18. The van der Waals surface area contributed by atoms with E-state index in [1.807, 2.05) is 6.92 Å². The minimum absolute atomic E-state index is 0.127. The van der Waals surface area contributed by atoms with Gasteiger partial charge < -0.3 is 5.32 Å². The lowest BCUT2D eigenvalue weighted by atomic mass is 10.2. The van der Waals surface area contributed by atoms with E-state index in [-0.39, 0.29) is 16.8 Å². The number of hydrogen-bond donors (Lipinski definition) is 2. The van der Waals surface area contributed by atoms with Crippen LogP contribution >= 0.6 is 0 Å². The van der Waals surface area contributed by atoms with Gasteiger partial charge in [0.2, 0.25) is 10.0 Å². The molecule has 7 heteroatoms. The second-order valence-corrected chi connectivity index (χ2v) is 6.39. The lowest BCUT2D eigenvalue weighted by molar-refractivity contribution is 0.588. The van der Waals surface area contributed by atoms with E-state index in [0.29, 0.717) is 5.69 Å². The summed E-state index contributed by atoms with van der Waals surface area (Å²) in [6, 6.07) is 9.19. The number of aromatic nitrogens is 1. The molecule has 2 aromatic rings. The summed E-state index contributed by atoms with van der Waals surface area (Å²) in [5, 5.41) is 3.17. The summed E-state index contributed by atoms with van der Waals surface area (Å²) in [7, 11) is -2.07. The van der Waals surface area contributed by atoms with Crippen molar-refractivity contribution in [1.29, 1.82) is 0 Å². The van der Waals surface area contributed by atoms with Crippen LogP contribution in [0, 0.1) is 5.82 Å². The SMILES string of the molecule is CNS(=O)(=O)c1ccc(NC(C)c2ccc(F)cn2)cc1. The topological polar surface area (TPSA) is 71.1 Å². The third-order valence-electron chi connectivity index (χ3n) is 3.01. The van der Waals surface area contributed by atoms with Gasteiger partial charge in [-0.25, -0.2) is 17.5 Å². The molecule has 1 aromatic heterocycles. The Labute approximate surface area is 123 Å². The highest BCUT2D eigenvalue weighted by Crippen LogP contribution is 2.19. The highest BCUT2D eigenvalue weighted by molar-refractivity contribution is 7.89. The minimum Gasteiger partial charge on any atom is -0.377 e. The molecule has 0 fully saturated rings. The Morgan fingerprint density at radius 1 is 1.14 bits per heavy atom. The van der Waals surface area contributed by atoms with Crippen molar-refractivity contribution in [2.24, 2.45) is 0 Å². The van der Waals surface area contributed by atoms with Gasteiger partial charge in [0.05, 0.1) is 22.8 Å². The van der Waals surface area contributed by atoms with Crippen LogP contribution in [-0.4, -0.2) is 20.4 Å². The predicted octanol–water partition coefficient (Wildman–Crippen LogP) is 2.30. The molecule has 1 heterocycles. The summed E-state index contributed by atoms with van der Waals surface area (Å²) >= 11 is 0. The molecule has 1 atom stereocenters. The molecule has 0 radical (unpaired) electrons. The first kappa shape index (κ1) is 15.4. The Kier molecular flexibility index (Phi) is 4.54. The molecule has 0 amide bonds. The second kappa shape index (κ2) is 6.19. The van der Waals surface area contributed by atoms with Crippen LogP contribution < -0.4 is 10.0 Å². The Hall–Kier alpha value is -1.99. The first-order valence-corrected chi connectivity index (χ1v) is 7.82. The third-order valence-corrected chi connectivity index (χ3v) is 4.44. The molecule has 0 aliphatic carbocycles. The molecule has 0 bridgehead atoms. The van der Waals surface area contributed by atoms with Crippen LogP contribution in [-0.2, 0) is 10.0 Å². The summed E-state index contributed by atoms with van der Waals surface area (Å²) in [5.41, 5.74) is 1.45. The van der Waals surface area contributed by atoms with E-state index in [0.717, 1.165) is 11.9 Å². The second-order valence-electron chi connectivity index (χ2n) is 4.50.